The van der Waals surface area contributed by atoms with Gasteiger partial charge in [-0.25, -0.2) is 9.78 Å². The van der Waals surface area contributed by atoms with E-state index < -0.39 is 10.9 Å². The first-order valence-corrected chi connectivity index (χ1v) is 8.14. The van der Waals surface area contributed by atoms with Crippen molar-refractivity contribution in [2.45, 2.75) is 20.5 Å². The van der Waals surface area contributed by atoms with Crippen LogP contribution in [0.3, 0.4) is 0 Å². The number of nitro groups is 1. The maximum atomic E-state index is 12.2. The van der Waals surface area contributed by atoms with Crippen molar-refractivity contribution in [1.29, 1.82) is 0 Å². The zero-order valence-corrected chi connectivity index (χ0v) is 14.2. The van der Waals surface area contributed by atoms with Gasteiger partial charge in [0.15, 0.2) is 4.96 Å². The fraction of sp³-hybridized carbons (Fsp3) is 0.188. The van der Waals surface area contributed by atoms with Gasteiger partial charge in [0.25, 0.3) is 11.2 Å². The molecule has 0 spiro atoms. The molecule has 0 bridgehead atoms. The van der Waals surface area contributed by atoms with E-state index in [1.165, 1.54) is 46.9 Å². The molecule has 0 aliphatic heterocycles. The van der Waals surface area contributed by atoms with E-state index in [0.29, 0.717) is 10.7 Å². The zero-order valence-electron chi connectivity index (χ0n) is 13.4. The van der Waals surface area contributed by atoms with E-state index in [2.05, 4.69) is 4.98 Å². The summed E-state index contributed by atoms with van der Waals surface area (Å²) < 4.78 is 6.65. The van der Waals surface area contributed by atoms with E-state index in [4.69, 9.17) is 4.74 Å². The van der Waals surface area contributed by atoms with E-state index in [1.54, 1.807) is 6.92 Å². The molecule has 0 aliphatic carbocycles. The van der Waals surface area contributed by atoms with Crippen molar-refractivity contribution >= 4 is 28.0 Å². The molecule has 0 amide bonds. The largest absolute Gasteiger partial charge is 0.456 e. The van der Waals surface area contributed by atoms with Gasteiger partial charge in [-0.3, -0.25) is 19.3 Å². The molecule has 0 unspecified atom stereocenters. The number of fused-ring (bicyclic) bond motifs is 1. The van der Waals surface area contributed by atoms with Crippen LogP contribution in [-0.2, 0) is 11.3 Å². The van der Waals surface area contributed by atoms with Crippen LogP contribution in [0.4, 0.5) is 5.69 Å². The number of nitro benzene ring substituents is 1. The summed E-state index contributed by atoms with van der Waals surface area (Å²) >= 11 is 1.32. The summed E-state index contributed by atoms with van der Waals surface area (Å²) in [4.78, 5) is 39.5. The molecular formula is C16H13N3O5S. The SMILES string of the molecule is Cc1c(C(=O)OCc2cc(=O)n3c(C)csc3n2)cccc1[N+](=O)[O-]. The van der Waals surface area contributed by atoms with E-state index in [0.717, 1.165) is 5.69 Å². The van der Waals surface area contributed by atoms with Crippen molar-refractivity contribution in [3.63, 3.8) is 0 Å². The second-order valence-corrected chi connectivity index (χ2v) is 6.20. The van der Waals surface area contributed by atoms with Gasteiger partial charge in [-0.05, 0) is 19.9 Å². The highest BCUT2D eigenvalue weighted by Gasteiger charge is 2.19. The number of ether oxygens (including phenoxy) is 1. The summed E-state index contributed by atoms with van der Waals surface area (Å²) in [6.45, 7) is 3.10. The molecule has 2 heterocycles. The summed E-state index contributed by atoms with van der Waals surface area (Å²) in [5.74, 6) is -0.703. The van der Waals surface area contributed by atoms with Crippen molar-refractivity contribution in [3.05, 3.63) is 72.6 Å². The lowest BCUT2D eigenvalue weighted by molar-refractivity contribution is -0.385. The molecule has 25 heavy (non-hydrogen) atoms. The fourth-order valence-corrected chi connectivity index (χ4v) is 3.33. The number of aryl methyl sites for hydroxylation is 1. The Labute approximate surface area is 145 Å². The Kier molecular flexibility index (Phi) is 4.32. The average Bonchev–Trinajstić information content (AvgIpc) is 2.94. The highest BCUT2D eigenvalue weighted by molar-refractivity contribution is 7.15. The van der Waals surface area contributed by atoms with Crippen LogP contribution in [-0.4, -0.2) is 20.3 Å². The standard InChI is InChI=1S/C16H13N3O5S/c1-9-8-25-16-17-11(6-14(20)18(9)16)7-24-15(21)12-4-3-5-13(10(12)2)19(22)23/h3-6,8H,7H2,1-2H3. The molecule has 0 fully saturated rings. The number of aromatic nitrogens is 2. The van der Waals surface area contributed by atoms with E-state index in [-0.39, 0.29) is 29.0 Å². The summed E-state index contributed by atoms with van der Waals surface area (Å²) in [6.07, 6.45) is 0. The molecule has 9 heteroatoms. The Morgan fingerprint density at radius 1 is 1.40 bits per heavy atom. The summed E-state index contributed by atoms with van der Waals surface area (Å²) in [5, 5.41) is 12.8. The summed E-state index contributed by atoms with van der Waals surface area (Å²) in [5.41, 5.74) is 1.05. The van der Waals surface area contributed by atoms with Crippen LogP contribution in [0.5, 0.6) is 0 Å². The molecule has 0 saturated heterocycles. The average molecular weight is 359 g/mol. The van der Waals surface area contributed by atoms with Gasteiger partial charge in [0.1, 0.15) is 6.61 Å². The van der Waals surface area contributed by atoms with Crippen molar-refractivity contribution in [3.8, 4) is 0 Å². The van der Waals surface area contributed by atoms with Crippen LogP contribution in [0.1, 0.15) is 27.3 Å². The fourth-order valence-electron chi connectivity index (χ4n) is 2.43. The van der Waals surface area contributed by atoms with Gasteiger partial charge >= 0.3 is 5.97 Å². The highest BCUT2D eigenvalue weighted by atomic mass is 32.1. The first-order chi connectivity index (χ1) is 11.9. The lowest BCUT2D eigenvalue weighted by Gasteiger charge is -2.07. The number of benzene rings is 1. The Balaban J connectivity index is 1.82. The molecule has 0 N–H and O–H groups in total. The smallest absolute Gasteiger partial charge is 0.339 e. The van der Waals surface area contributed by atoms with Gasteiger partial charge < -0.3 is 4.74 Å². The molecule has 8 nitrogen and oxygen atoms in total. The van der Waals surface area contributed by atoms with Crippen LogP contribution in [0.2, 0.25) is 0 Å². The van der Waals surface area contributed by atoms with Crippen molar-refractivity contribution in [2.24, 2.45) is 0 Å². The Morgan fingerprint density at radius 3 is 2.88 bits per heavy atom. The molecule has 0 radical (unpaired) electrons. The number of carbonyl (C=O) groups excluding carboxylic acids is 1. The van der Waals surface area contributed by atoms with Crippen molar-refractivity contribution in [1.82, 2.24) is 9.38 Å². The normalized spacial score (nSPS) is 10.8. The quantitative estimate of drug-likeness (QED) is 0.403. The summed E-state index contributed by atoms with van der Waals surface area (Å²) in [6, 6.07) is 5.51. The van der Waals surface area contributed by atoms with Crippen molar-refractivity contribution in [2.75, 3.05) is 0 Å². The van der Waals surface area contributed by atoms with Crippen LogP contribution >= 0.6 is 11.3 Å². The number of thiazole rings is 1. The van der Waals surface area contributed by atoms with Gasteiger partial charge in [-0.1, -0.05) is 6.07 Å². The molecular weight excluding hydrogens is 346 g/mol. The highest BCUT2D eigenvalue weighted by Crippen LogP contribution is 2.22. The van der Waals surface area contributed by atoms with Crippen LogP contribution in [0.15, 0.2) is 34.4 Å². The van der Waals surface area contributed by atoms with Crippen molar-refractivity contribution < 1.29 is 14.5 Å². The predicted molar refractivity (Wildman–Crippen MR) is 91.0 cm³/mol. The molecule has 128 valence electrons. The molecule has 0 atom stereocenters. The van der Waals surface area contributed by atoms with E-state index in [9.17, 15) is 19.7 Å². The maximum absolute atomic E-state index is 12.2. The minimum atomic E-state index is -0.703. The van der Waals surface area contributed by atoms with E-state index >= 15 is 0 Å². The summed E-state index contributed by atoms with van der Waals surface area (Å²) in [7, 11) is 0. The Hall–Kier alpha value is -3.07. The van der Waals surface area contributed by atoms with Crippen LogP contribution in [0.25, 0.3) is 4.96 Å². The van der Waals surface area contributed by atoms with E-state index in [1.807, 2.05) is 5.38 Å². The Morgan fingerprint density at radius 2 is 2.16 bits per heavy atom. The first-order valence-electron chi connectivity index (χ1n) is 7.26. The van der Waals surface area contributed by atoms with Gasteiger partial charge in [-0.15, -0.1) is 11.3 Å². The number of hydrogen-bond acceptors (Lipinski definition) is 7. The second-order valence-electron chi connectivity index (χ2n) is 5.36. The number of carbonyl (C=O) groups is 1. The maximum Gasteiger partial charge on any atom is 0.339 e. The molecule has 0 aliphatic rings. The minimum Gasteiger partial charge on any atom is -0.456 e. The first kappa shape index (κ1) is 16.8. The lowest BCUT2D eigenvalue weighted by atomic mass is 10.1. The van der Waals surface area contributed by atoms with Crippen LogP contribution < -0.4 is 5.56 Å². The molecule has 3 aromatic rings. The van der Waals surface area contributed by atoms with Gasteiger partial charge in [0.2, 0.25) is 0 Å². The number of rotatable bonds is 4. The number of nitrogens with zero attached hydrogens (tertiary/aromatic N) is 3. The predicted octanol–water partition coefficient (Wildman–Crippen LogP) is 2.64. The second kappa shape index (κ2) is 6.44. The third kappa shape index (κ3) is 3.13. The van der Waals surface area contributed by atoms with Gasteiger partial charge in [-0.2, -0.15) is 0 Å². The third-order valence-corrected chi connectivity index (χ3v) is 4.65. The lowest BCUT2D eigenvalue weighted by Crippen LogP contribution is -2.16. The molecule has 3 rings (SSSR count). The van der Waals surface area contributed by atoms with Crippen LogP contribution in [0, 0.1) is 24.0 Å². The molecule has 1 aromatic carbocycles. The minimum absolute atomic E-state index is 0.110. The van der Waals surface area contributed by atoms with Gasteiger partial charge in [0.05, 0.1) is 16.2 Å². The topological polar surface area (TPSA) is 104 Å². The zero-order chi connectivity index (χ0) is 18.1. The number of hydrogen-bond donors (Lipinski definition) is 0. The third-order valence-electron chi connectivity index (χ3n) is 3.70. The monoisotopic (exact) mass is 359 g/mol. The van der Waals surface area contributed by atoms with Gasteiger partial charge in [0, 0.05) is 28.8 Å². The Bertz CT molecular complexity index is 1050. The molecule has 0 saturated carbocycles. The molecule has 2 aromatic heterocycles. The number of esters is 1.